The number of hydrogen-bond acceptors (Lipinski definition) is 3. The van der Waals surface area contributed by atoms with E-state index in [0.29, 0.717) is 22.0 Å². The molecule has 0 bridgehead atoms. The van der Waals surface area contributed by atoms with E-state index in [1.54, 1.807) is 25.3 Å². The zero-order chi connectivity index (χ0) is 18.0. The number of nitrogens with zero attached hydrogens (tertiary/aromatic N) is 1. The van der Waals surface area contributed by atoms with Gasteiger partial charge in [-0.1, -0.05) is 43.6 Å². The van der Waals surface area contributed by atoms with Crippen LogP contribution in [-0.4, -0.2) is 18.0 Å². The van der Waals surface area contributed by atoms with Gasteiger partial charge in [0.2, 0.25) is 0 Å². The number of aromatic nitrogens is 1. The van der Waals surface area contributed by atoms with E-state index >= 15 is 0 Å². The van der Waals surface area contributed by atoms with Gasteiger partial charge in [-0.05, 0) is 36.2 Å². The summed E-state index contributed by atoms with van der Waals surface area (Å²) < 4.78 is 5.30. The normalized spacial score (nSPS) is 10.9. The predicted octanol–water partition coefficient (Wildman–Crippen LogP) is 5.27. The lowest BCUT2D eigenvalue weighted by atomic mass is 10.0. The Morgan fingerprint density at radius 2 is 1.92 bits per heavy atom. The van der Waals surface area contributed by atoms with E-state index in [2.05, 4.69) is 24.1 Å². The Morgan fingerprint density at radius 3 is 2.64 bits per heavy atom. The molecule has 1 amide bonds. The number of pyridine rings is 1. The van der Waals surface area contributed by atoms with Crippen LogP contribution in [0.4, 0.5) is 5.69 Å². The monoisotopic (exact) mass is 354 g/mol. The third-order valence-corrected chi connectivity index (χ3v) is 4.22. The maximum absolute atomic E-state index is 12.9. The molecule has 1 aromatic heterocycles. The van der Waals surface area contributed by atoms with Crippen LogP contribution in [0.25, 0.3) is 10.9 Å². The summed E-state index contributed by atoms with van der Waals surface area (Å²) in [4.78, 5) is 17.6. The number of ether oxygens (including phenoxy) is 1. The number of benzene rings is 2. The number of anilines is 1. The van der Waals surface area contributed by atoms with Gasteiger partial charge in [0.1, 0.15) is 5.75 Å². The van der Waals surface area contributed by atoms with Crippen LogP contribution in [0.1, 0.15) is 35.8 Å². The number of carbonyl (C=O) groups excluding carboxylic acids is 1. The standard InChI is InChI=1S/C20H19ClN2O2/c1-12(2)17-11-15(14-6-4-5-7-16(14)22-17)20(24)23-18-10-13(21)8-9-19(18)25-3/h4-12H,1-3H3,(H,23,24). The smallest absolute Gasteiger partial charge is 0.256 e. The van der Waals surface area contributed by atoms with E-state index in [0.717, 1.165) is 16.6 Å². The van der Waals surface area contributed by atoms with E-state index in [4.69, 9.17) is 16.3 Å². The van der Waals surface area contributed by atoms with E-state index < -0.39 is 0 Å². The molecular formula is C20H19ClN2O2. The molecule has 1 heterocycles. The second-order valence-electron chi connectivity index (χ2n) is 6.07. The minimum atomic E-state index is -0.221. The average Bonchev–Trinajstić information content (AvgIpc) is 2.60. The molecule has 128 valence electrons. The lowest BCUT2D eigenvalue weighted by molar-refractivity contribution is 0.102. The highest BCUT2D eigenvalue weighted by Crippen LogP contribution is 2.29. The number of halogens is 1. The number of amides is 1. The Balaban J connectivity index is 2.07. The summed E-state index contributed by atoms with van der Waals surface area (Å²) in [6, 6.07) is 14.6. The molecular weight excluding hydrogens is 336 g/mol. The van der Waals surface area contributed by atoms with Gasteiger partial charge < -0.3 is 10.1 Å². The molecule has 0 unspecified atom stereocenters. The Kier molecular flexibility index (Phi) is 4.91. The van der Waals surface area contributed by atoms with Gasteiger partial charge in [0.25, 0.3) is 5.91 Å². The molecule has 3 rings (SSSR count). The fourth-order valence-electron chi connectivity index (χ4n) is 2.65. The van der Waals surface area contributed by atoms with Gasteiger partial charge in [-0.15, -0.1) is 0 Å². The number of para-hydroxylation sites is 1. The van der Waals surface area contributed by atoms with Gasteiger partial charge in [-0.25, -0.2) is 0 Å². The molecule has 0 saturated heterocycles. The van der Waals surface area contributed by atoms with E-state index in [1.165, 1.54) is 0 Å². The molecule has 4 nitrogen and oxygen atoms in total. The van der Waals surface area contributed by atoms with Crippen molar-refractivity contribution in [1.82, 2.24) is 4.98 Å². The topological polar surface area (TPSA) is 51.2 Å². The zero-order valence-electron chi connectivity index (χ0n) is 14.3. The highest BCUT2D eigenvalue weighted by molar-refractivity contribution is 6.31. The van der Waals surface area contributed by atoms with Crippen molar-refractivity contribution in [3.05, 3.63) is 64.8 Å². The summed E-state index contributed by atoms with van der Waals surface area (Å²) in [5, 5.41) is 4.24. The van der Waals surface area contributed by atoms with Crippen LogP contribution in [0.5, 0.6) is 5.75 Å². The molecule has 2 aromatic carbocycles. The first-order chi connectivity index (χ1) is 12.0. The van der Waals surface area contributed by atoms with Crippen molar-refractivity contribution < 1.29 is 9.53 Å². The largest absolute Gasteiger partial charge is 0.495 e. The van der Waals surface area contributed by atoms with E-state index in [9.17, 15) is 4.79 Å². The minimum absolute atomic E-state index is 0.219. The van der Waals surface area contributed by atoms with Gasteiger partial charge in [0.05, 0.1) is 23.9 Å². The lowest BCUT2D eigenvalue weighted by Gasteiger charge is -2.14. The van der Waals surface area contributed by atoms with Gasteiger partial charge >= 0.3 is 0 Å². The van der Waals surface area contributed by atoms with Crippen molar-refractivity contribution in [2.24, 2.45) is 0 Å². The van der Waals surface area contributed by atoms with Gasteiger partial charge in [0, 0.05) is 16.1 Å². The molecule has 5 heteroatoms. The molecule has 0 aliphatic heterocycles. The summed E-state index contributed by atoms with van der Waals surface area (Å²) >= 11 is 6.05. The predicted molar refractivity (Wildman–Crippen MR) is 102 cm³/mol. The Morgan fingerprint density at radius 1 is 1.16 bits per heavy atom. The van der Waals surface area contributed by atoms with Crippen molar-refractivity contribution in [3.63, 3.8) is 0 Å². The van der Waals surface area contributed by atoms with Crippen LogP contribution in [0.15, 0.2) is 48.5 Å². The van der Waals surface area contributed by atoms with Crippen LogP contribution in [-0.2, 0) is 0 Å². The molecule has 25 heavy (non-hydrogen) atoms. The molecule has 1 N–H and O–H groups in total. The molecule has 0 aliphatic carbocycles. The maximum atomic E-state index is 12.9. The van der Waals surface area contributed by atoms with Crippen molar-refractivity contribution in [3.8, 4) is 5.75 Å². The van der Waals surface area contributed by atoms with Crippen molar-refractivity contribution >= 4 is 34.1 Å². The average molecular weight is 355 g/mol. The molecule has 0 radical (unpaired) electrons. The highest BCUT2D eigenvalue weighted by atomic mass is 35.5. The van der Waals surface area contributed by atoms with Crippen LogP contribution in [0.3, 0.4) is 0 Å². The zero-order valence-corrected chi connectivity index (χ0v) is 15.1. The Labute approximate surface area is 151 Å². The molecule has 0 saturated carbocycles. The second kappa shape index (κ2) is 7.11. The third kappa shape index (κ3) is 3.59. The van der Waals surface area contributed by atoms with Crippen molar-refractivity contribution in [2.45, 2.75) is 19.8 Å². The minimum Gasteiger partial charge on any atom is -0.495 e. The number of rotatable bonds is 4. The first-order valence-electron chi connectivity index (χ1n) is 8.04. The van der Waals surface area contributed by atoms with Gasteiger partial charge in [0.15, 0.2) is 0 Å². The van der Waals surface area contributed by atoms with Gasteiger partial charge in [-0.2, -0.15) is 0 Å². The fourth-order valence-corrected chi connectivity index (χ4v) is 2.82. The van der Waals surface area contributed by atoms with Crippen LogP contribution in [0, 0.1) is 0 Å². The number of fused-ring (bicyclic) bond motifs is 1. The van der Waals surface area contributed by atoms with Crippen molar-refractivity contribution in [2.75, 3.05) is 12.4 Å². The molecule has 0 atom stereocenters. The van der Waals surface area contributed by atoms with E-state index in [-0.39, 0.29) is 11.8 Å². The van der Waals surface area contributed by atoms with E-state index in [1.807, 2.05) is 30.3 Å². The first-order valence-corrected chi connectivity index (χ1v) is 8.42. The number of hydrogen-bond donors (Lipinski definition) is 1. The highest BCUT2D eigenvalue weighted by Gasteiger charge is 2.16. The third-order valence-electron chi connectivity index (χ3n) is 3.98. The summed E-state index contributed by atoms with van der Waals surface area (Å²) in [6.07, 6.45) is 0. The second-order valence-corrected chi connectivity index (χ2v) is 6.50. The molecule has 3 aromatic rings. The van der Waals surface area contributed by atoms with Crippen molar-refractivity contribution in [1.29, 1.82) is 0 Å². The molecule has 0 fully saturated rings. The molecule has 0 aliphatic rings. The van der Waals surface area contributed by atoms with Crippen LogP contribution < -0.4 is 10.1 Å². The van der Waals surface area contributed by atoms with Crippen LogP contribution >= 0.6 is 11.6 Å². The summed E-state index contributed by atoms with van der Waals surface area (Å²) in [5.41, 5.74) is 2.79. The summed E-state index contributed by atoms with van der Waals surface area (Å²) in [7, 11) is 1.55. The SMILES string of the molecule is COc1ccc(Cl)cc1NC(=O)c1cc(C(C)C)nc2ccccc12. The number of carbonyl (C=O) groups is 1. The van der Waals surface area contributed by atoms with Gasteiger partial charge in [-0.3, -0.25) is 9.78 Å². The summed E-state index contributed by atoms with van der Waals surface area (Å²) in [5.74, 6) is 0.554. The Bertz CT molecular complexity index is 938. The maximum Gasteiger partial charge on any atom is 0.256 e. The van der Waals surface area contributed by atoms with Crippen LogP contribution in [0.2, 0.25) is 5.02 Å². The fraction of sp³-hybridized carbons (Fsp3) is 0.200. The lowest BCUT2D eigenvalue weighted by Crippen LogP contribution is -2.14. The quantitative estimate of drug-likeness (QED) is 0.694. The number of nitrogens with one attached hydrogen (secondary N) is 1. The molecule has 0 spiro atoms. The first kappa shape index (κ1) is 17.2. The Hall–Kier alpha value is -2.59. The number of methoxy groups -OCH3 is 1. The summed E-state index contributed by atoms with van der Waals surface area (Å²) in [6.45, 7) is 4.11.